The highest BCUT2D eigenvalue weighted by molar-refractivity contribution is 7.92. The lowest BCUT2D eigenvalue weighted by Gasteiger charge is -2.31. The number of benzene rings is 2. The van der Waals surface area contributed by atoms with Crippen molar-refractivity contribution in [2.24, 2.45) is 0 Å². The van der Waals surface area contributed by atoms with E-state index in [0.717, 1.165) is 25.8 Å². The predicted octanol–water partition coefficient (Wildman–Crippen LogP) is 4.80. The molecule has 1 N–H and O–H groups in total. The van der Waals surface area contributed by atoms with Gasteiger partial charge in [0, 0.05) is 24.2 Å². The number of nitrogens with zero attached hydrogens (tertiary/aromatic N) is 4. The third-order valence-electron chi connectivity index (χ3n) is 6.31. The van der Waals surface area contributed by atoms with Crippen molar-refractivity contribution in [3.05, 3.63) is 59.0 Å². The van der Waals surface area contributed by atoms with E-state index in [0.29, 0.717) is 12.3 Å². The van der Waals surface area contributed by atoms with Gasteiger partial charge in [-0.25, -0.2) is 8.42 Å². The second kappa shape index (κ2) is 11.2. The minimum atomic E-state index is -4.29. The number of anilines is 1. The molecule has 10 nitrogen and oxygen atoms in total. The number of aromatic amines is 1. The number of aromatic nitrogens is 3. The molecule has 0 fully saturated rings. The number of aryl methyl sites for hydroxylation is 1. The van der Waals surface area contributed by atoms with Crippen molar-refractivity contribution in [2.75, 3.05) is 31.6 Å². The van der Waals surface area contributed by atoms with E-state index < -0.39 is 22.5 Å². The fourth-order valence-electron chi connectivity index (χ4n) is 4.21. The van der Waals surface area contributed by atoms with Crippen molar-refractivity contribution in [1.29, 1.82) is 0 Å². The molecule has 0 aliphatic rings. The number of hydrogen-bond donors (Lipinski definition) is 1. The predicted molar refractivity (Wildman–Crippen MR) is 148 cm³/mol. The van der Waals surface area contributed by atoms with Crippen LogP contribution >= 0.6 is 23.1 Å². The number of nitrogens with one attached hydrogen (secondary N) is 1. The number of fused-ring (bicyclic) bond motifs is 1. The third kappa shape index (κ3) is 5.16. The highest BCUT2D eigenvalue weighted by atomic mass is 35.5. The molecule has 0 spiro atoms. The van der Waals surface area contributed by atoms with E-state index in [1.54, 1.807) is 29.3 Å². The number of H-pyrrole nitrogens is 1. The Hall–Kier alpha value is -3.35. The molecule has 2 aromatic heterocycles. The molecule has 2 heterocycles. The normalized spacial score (nSPS) is 12.4. The summed E-state index contributed by atoms with van der Waals surface area (Å²) in [5.74, 6) is 0.205. The zero-order valence-electron chi connectivity index (χ0n) is 21.6. The van der Waals surface area contributed by atoms with Gasteiger partial charge >= 0.3 is 0 Å². The molecule has 2 aromatic carbocycles. The molecule has 202 valence electrons. The van der Waals surface area contributed by atoms with Crippen LogP contribution in [0.4, 0.5) is 5.69 Å². The van der Waals surface area contributed by atoms with Crippen LogP contribution in [0.1, 0.15) is 31.3 Å². The molecule has 0 bridgehead atoms. The molecular formula is C25H28ClN5O5S2. The van der Waals surface area contributed by atoms with E-state index in [-0.39, 0.29) is 27.4 Å². The van der Waals surface area contributed by atoms with E-state index >= 15 is 0 Å². The number of rotatable bonds is 10. The van der Waals surface area contributed by atoms with Crippen LogP contribution in [0, 0.1) is 6.92 Å². The number of ether oxygens (including phenoxy) is 2. The summed E-state index contributed by atoms with van der Waals surface area (Å²) in [5.41, 5.74) is 1.64. The monoisotopic (exact) mass is 577 g/mol. The number of sulfonamides is 1. The Morgan fingerprint density at radius 1 is 1.16 bits per heavy atom. The number of halogens is 1. The largest absolute Gasteiger partial charge is 0.493 e. The Labute approximate surface area is 230 Å². The van der Waals surface area contributed by atoms with E-state index in [1.807, 2.05) is 20.8 Å². The second-order valence-corrected chi connectivity index (χ2v) is 11.5. The van der Waals surface area contributed by atoms with Crippen LogP contribution in [-0.2, 0) is 14.8 Å². The highest BCUT2D eigenvalue weighted by Gasteiger charge is 2.33. The maximum absolute atomic E-state index is 14.1. The van der Waals surface area contributed by atoms with E-state index in [9.17, 15) is 13.2 Å². The van der Waals surface area contributed by atoms with Crippen LogP contribution in [0.5, 0.6) is 11.5 Å². The van der Waals surface area contributed by atoms with E-state index in [2.05, 4.69) is 14.6 Å². The van der Waals surface area contributed by atoms with Gasteiger partial charge in [-0.1, -0.05) is 11.6 Å². The van der Waals surface area contributed by atoms with Gasteiger partial charge in [0.15, 0.2) is 11.5 Å². The minimum absolute atomic E-state index is 0.0797. The van der Waals surface area contributed by atoms with Crippen molar-refractivity contribution >= 4 is 54.8 Å². The molecule has 1 unspecified atom stereocenters. The summed E-state index contributed by atoms with van der Waals surface area (Å²) in [6.07, 6.45) is 1.60. The number of carbonyl (C=O) groups is 1. The molecule has 0 radical (unpaired) electrons. The highest BCUT2D eigenvalue weighted by Crippen LogP contribution is 2.38. The lowest BCUT2D eigenvalue weighted by molar-refractivity contribution is -0.131. The first-order valence-corrected chi connectivity index (χ1v) is 14.3. The van der Waals surface area contributed by atoms with Crippen molar-refractivity contribution in [2.45, 2.75) is 31.7 Å². The Morgan fingerprint density at radius 2 is 1.89 bits per heavy atom. The van der Waals surface area contributed by atoms with Gasteiger partial charge in [-0.2, -0.15) is 9.47 Å². The first-order chi connectivity index (χ1) is 18.1. The molecule has 38 heavy (non-hydrogen) atoms. The lowest BCUT2D eigenvalue weighted by Crippen LogP contribution is -2.44. The van der Waals surface area contributed by atoms with Crippen molar-refractivity contribution in [1.82, 2.24) is 19.5 Å². The summed E-state index contributed by atoms with van der Waals surface area (Å²) in [6, 6.07) is 9.02. The molecule has 0 aliphatic carbocycles. The number of hydrogen-bond acceptors (Lipinski definition) is 8. The van der Waals surface area contributed by atoms with Gasteiger partial charge in [0.1, 0.15) is 6.54 Å². The molecule has 4 rings (SSSR count). The number of carbonyl (C=O) groups excluding carboxylic acids is 1. The number of methoxy groups -OCH3 is 2. The van der Waals surface area contributed by atoms with E-state index in [1.165, 1.54) is 44.0 Å². The van der Waals surface area contributed by atoms with Gasteiger partial charge in [-0.3, -0.25) is 14.2 Å². The topological polar surface area (TPSA) is 118 Å². The summed E-state index contributed by atoms with van der Waals surface area (Å²) in [7, 11) is -1.41. The van der Waals surface area contributed by atoms with Crippen LogP contribution in [0.2, 0.25) is 5.02 Å². The second-order valence-electron chi connectivity index (χ2n) is 8.46. The van der Waals surface area contributed by atoms with Crippen molar-refractivity contribution < 1.29 is 22.7 Å². The maximum atomic E-state index is 14.1. The van der Waals surface area contributed by atoms with Gasteiger partial charge in [-0.05, 0) is 62.6 Å². The van der Waals surface area contributed by atoms with Gasteiger partial charge in [0.25, 0.3) is 10.0 Å². The average molecular weight is 578 g/mol. The first-order valence-electron chi connectivity index (χ1n) is 11.7. The Balaban J connectivity index is 1.83. The van der Waals surface area contributed by atoms with Crippen LogP contribution in [-0.4, -0.2) is 61.1 Å². The lowest BCUT2D eigenvalue weighted by atomic mass is 10.2. The zero-order valence-corrected chi connectivity index (χ0v) is 23.9. The zero-order chi connectivity index (χ0) is 27.6. The molecule has 0 aliphatic heterocycles. The fourth-order valence-corrected chi connectivity index (χ4v) is 6.84. The molecule has 4 aromatic rings. The Kier molecular flexibility index (Phi) is 8.14. The molecular weight excluding hydrogens is 550 g/mol. The van der Waals surface area contributed by atoms with Gasteiger partial charge in [-0.15, -0.1) is 0 Å². The average Bonchev–Trinajstić information content (AvgIpc) is 3.57. The summed E-state index contributed by atoms with van der Waals surface area (Å²) in [5, 5.41) is 7.78. The summed E-state index contributed by atoms with van der Waals surface area (Å²) in [6.45, 7) is 5.38. The van der Waals surface area contributed by atoms with Gasteiger partial charge in [0.2, 0.25) is 5.91 Å². The van der Waals surface area contributed by atoms with Gasteiger partial charge < -0.3 is 14.4 Å². The first kappa shape index (κ1) is 27.7. The summed E-state index contributed by atoms with van der Waals surface area (Å²) >= 11 is 7.91. The number of likely N-dealkylation sites (N-methyl/N-ethyl adjacent to an activating group) is 1. The Bertz CT molecular complexity index is 1560. The smallest absolute Gasteiger partial charge is 0.264 e. The van der Waals surface area contributed by atoms with Crippen LogP contribution in [0.3, 0.4) is 0 Å². The molecule has 1 atom stereocenters. The maximum Gasteiger partial charge on any atom is 0.264 e. The Morgan fingerprint density at radius 3 is 2.53 bits per heavy atom. The van der Waals surface area contributed by atoms with Crippen LogP contribution < -0.4 is 13.8 Å². The standard InChI is InChI=1S/C25H28ClN5O5S2/c1-6-30(16(3)20-9-10-27-28-20)25(32)14-31(21-12-18-15(2)29-37-24(18)13-19(21)26)38(33,34)17-7-8-22(35-4)23(11-17)36-5/h7-13,16H,6,14H2,1-5H3,(H,27,28). The van der Waals surface area contributed by atoms with Crippen LogP contribution in [0.25, 0.3) is 10.1 Å². The SMILES string of the molecule is CCN(C(=O)CN(c1cc2c(C)nsc2cc1Cl)S(=O)(=O)c1ccc(OC)c(OC)c1)C(C)c1ccn[nH]1. The summed E-state index contributed by atoms with van der Waals surface area (Å²) < 4.78 is 45.1. The van der Waals surface area contributed by atoms with Gasteiger partial charge in [0.05, 0.1) is 52.0 Å². The fraction of sp³-hybridized carbons (Fsp3) is 0.320. The minimum Gasteiger partial charge on any atom is -0.493 e. The van der Waals surface area contributed by atoms with Crippen molar-refractivity contribution in [3.63, 3.8) is 0 Å². The molecule has 1 amide bonds. The third-order valence-corrected chi connectivity index (χ3v) is 9.27. The van der Waals surface area contributed by atoms with Crippen LogP contribution in [0.15, 0.2) is 47.5 Å². The van der Waals surface area contributed by atoms with E-state index in [4.69, 9.17) is 21.1 Å². The quantitative estimate of drug-likeness (QED) is 0.287. The molecule has 0 saturated heterocycles. The molecule has 13 heteroatoms. The summed E-state index contributed by atoms with van der Waals surface area (Å²) in [4.78, 5) is 15.2. The van der Waals surface area contributed by atoms with Crippen molar-refractivity contribution in [3.8, 4) is 11.5 Å². The number of amides is 1. The molecule has 0 saturated carbocycles.